The Bertz CT molecular complexity index is 310. The summed E-state index contributed by atoms with van der Waals surface area (Å²) in [5, 5.41) is 3.34. The van der Waals surface area contributed by atoms with Gasteiger partial charge in [-0.05, 0) is 31.8 Å². The third-order valence-electron chi connectivity index (χ3n) is 2.96. The van der Waals surface area contributed by atoms with Crippen LogP contribution in [-0.2, 0) is 17.9 Å². The van der Waals surface area contributed by atoms with Gasteiger partial charge < -0.3 is 15.0 Å². The maximum atomic E-state index is 5.72. The van der Waals surface area contributed by atoms with Crippen molar-refractivity contribution in [2.45, 2.75) is 33.9 Å². The van der Waals surface area contributed by atoms with Crippen molar-refractivity contribution in [1.29, 1.82) is 0 Å². The normalized spacial score (nSPS) is 11.3. The number of nitrogens with zero attached hydrogens (tertiary/aromatic N) is 1. The summed E-state index contributed by atoms with van der Waals surface area (Å²) >= 11 is 1.84. The zero-order chi connectivity index (χ0) is 13.2. The molecule has 0 unspecified atom stereocenters. The first-order valence-electron chi connectivity index (χ1n) is 6.88. The van der Waals surface area contributed by atoms with Crippen LogP contribution >= 0.6 is 11.3 Å². The molecule has 4 heteroatoms. The molecule has 1 aromatic rings. The Morgan fingerprint density at radius 2 is 1.89 bits per heavy atom. The van der Waals surface area contributed by atoms with E-state index >= 15 is 0 Å². The van der Waals surface area contributed by atoms with Crippen molar-refractivity contribution in [3.63, 3.8) is 0 Å². The summed E-state index contributed by atoms with van der Waals surface area (Å²) in [5.74, 6) is 0. The molecule has 0 aliphatic rings. The van der Waals surface area contributed by atoms with E-state index in [1.54, 1.807) is 0 Å². The molecule has 0 radical (unpaired) electrons. The molecule has 0 atom stereocenters. The summed E-state index contributed by atoms with van der Waals surface area (Å²) in [6.45, 7) is 13.3. The molecule has 1 aromatic heterocycles. The molecular weight excluding hydrogens is 244 g/mol. The Labute approximate surface area is 115 Å². The lowest BCUT2D eigenvalue weighted by Gasteiger charge is -2.17. The Kier molecular flexibility index (Phi) is 8.25. The van der Waals surface area contributed by atoms with E-state index in [2.05, 4.69) is 43.1 Å². The van der Waals surface area contributed by atoms with Gasteiger partial charge in [-0.15, -0.1) is 11.3 Å². The maximum Gasteiger partial charge on any atom is 0.0810 e. The van der Waals surface area contributed by atoms with Gasteiger partial charge in [0.25, 0.3) is 0 Å². The van der Waals surface area contributed by atoms with Gasteiger partial charge in [0.15, 0.2) is 0 Å². The second-order valence-corrected chi connectivity index (χ2v) is 5.48. The van der Waals surface area contributed by atoms with Gasteiger partial charge in [0, 0.05) is 22.8 Å². The molecule has 0 spiro atoms. The number of likely N-dealkylation sites (N-methyl/N-ethyl adjacent to an activating group) is 1. The van der Waals surface area contributed by atoms with Gasteiger partial charge in [-0.25, -0.2) is 0 Å². The topological polar surface area (TPSA) is 24.5 Å². The van der Waals surface area contributed by atoms with Crippen molar-refractivity contribution in [2.24, 2.45) is 0 Å². The summed E-state index contributed by atoms with van der Waals surface area (Å²) in [7, 11) is 0. The largest absolute Gasteiger partial charge is 0.375 e. The van der Waals surface area contributed by atoms with Crippen molar-refractivity contribution in [3.8, 4) is 0 Å². The molecule has 0 fully saturated rings. The molecule has 0 aliphatic carbocycles. The highest BCUT2D eigenvalue weighted by molar-refractivity contribution is 7.11. The minimum absolute atomic E-state index is 0.748. The first-order chi connectivity index (χ1) is 8.80. The SMILES string of the molecule is CCNCc1ccc(COCCN(CC)CC)s1. The van der Waals surface area contributed by atoms with E-state index in [9.17, 15) is 0 Å². The van der Waals surface area contributed by atoms with Crippen molar-refractivity contribution in [1.82, 2.24) is 10.2 Å². The van der Waals surface area contributed by atoms with Crippen molar-refractivity contribution in [2.75, 3.05) is 32.8 Å². The van der Waals surface area contributed by atoms with E-state index in [1.165, 1.54) is 9.75 Å². The smallest absolute Gasteiger partial charge is 0.0810 e. The lowest BCUT2D eigenvalue weighted by molar-refractivity contribution is 0.0973. The number of hydrogen-bond donors (Lipinski definition) is 1. The highest BCUT2D eigenvalue weighted by Gasteiger charge is 2.01. The Balaban J connectivity index is 2.17. The number of rotatable bonds is 10. The number of thiophene rings is 1. The first-order valence-corrected chi connectivity index (χ1v) is 7.70. The van der Waals surface area contributed by atoms with Gasteiger partial charge in [0.2, 0.25) is 0 Å². The van der Waals surface area contributed by atoms with Crippen LogP contribution in [0.3, 0.4) is 0 Å². The van der Waals surface area contributed by atoms with Crippen molar-refractivity contribution in [3.05, 3.63) is 21.9 Å². The summed E-state index contributed by atoms with van der Waals surface area (Å²) in [6, 6.07) is 4.37. The van der Waals surface area contributed by atoms with Gasteiger partial charge in [-0.3, -0.25) is 0 Å². The molecule has 1 heterocycles. The van der Waals surface area contributed by atoms with E-state index in [-0.39, 0.29) is 0 Å². The molecule has 0 bridgehead atoms. The predicted octanol–water partition coefficient (Wildman–Crippen LogP) is 2.72. The average Bonchev–Trinajstić information content (AvgIpc) is 2.84. The van der Waals surface area contributed by atoms with Crippen LogP contribution in [-0.4, -0.2) is 37.7 Å². The fourth-order valence-electron chi connectivity index (χ4n) is 1.75. The zero-order valence-electron chi connectivity index (χ0n) is 11.9. The minimum Gasteiger partial charge on any atom is -0.375 e. The van der Waals surface area contributed by atoms with E-state index in [4.69, 9.17) is 4.74 Å². The number of hydrogen-bond acceptors (Lipinski definition) is 4. The third-order valence-corrected chi connectivity index (χ3v) is 4.02. The Morgan fingerprint density at radius 1 is 1.17 bits per heavy atom. The van der Waals surface area contributed by atoms with Crippen LogP contribution in [0.1, 0.15) is 30.5 Å². The molecule has 0 aromatic carbocycles. The summed E-state index contributed by atoms with van der Waals surface area (Å²) in [4.78, 5) is 5.09. The molecule has 18 heavy (non-hydrogen) atoms. The molecular formula is C14H26N2OS. The van der Waals surface area contributed by atoms with Crippen LogP contribution in [0.25, 0.3) is 0 Å². The van der Waals surface area contributed by atoms with Gasteiger partial charge in [0.05, 0.1) is 13.2 Å². The second kappa shape index (κ2) is 9.50. The lowest BCUT2D eigenvalue weighted by atomic mass is 10.4. The quantitative estimate of drug-likeness (QED) is 0.662. The molecule has 0 saturated heterocycles. The summed E-state index contributed by atoms with van der Waals surface area (Å²) in [6.07, 6.45) is 0. The molecule has 0 amide bonds. The van der Waals surface area contributed by atoms with Gasteiger partial charge in [-0.2, -0.15) is 0 Å². The second-order valence-electron chi connectivity index (χ2n) is 4.23. The van der Waals surface area contributed by atoms with Crippen LogP contribution in [0.2, 0.25) is 0 Å². The first kappa shape index (κ1) is 15.6. The standard InChI is InChI=1S/C14H26N2OS/c1-4-15-11-13-7-8-14(18-13)12-17-10-9-16(5-2)6-3/h7-8,15H,4-6,9-12H2,1-3H3. The zero-order valence-corrected chi connectivity index (χ0v) is 12.7. The fraction of sp³-hybridized carbons (Fsp3) is 0.714. The molecule has 0 aliphatic heterocycles. The average molecular weight is 270 g/mol. The Morgan fingerprint density at radius 3 is 2.56 bits per heavy atom. The maximum absolute atomic E-state index is 5.72. The van der Waals surface area contributed by atoms with Crippen LogP contribution in [0.4, 0.5) is 0 Å². The van der Waals surface area contributed by atoms with Crippen LogP contribution in [0.5, 0.6) is 0 Å². The fourth-order valence-corrected chi connectivity index (χ4v) is 2.67. The number of ether oxygens (including phenoxy) is 1. The van der Waals surface area contributed by atoms with E-state index in [1.807, 2.05) is 11.3 Å². The molecule has 3 nitrogen and oxygen atoms in total. The summed E-state index contributed by atoms with van der Waals surface area (Å²) < 4.78 is 5.72. The highest BCUT2D eigenvalue weighted by atomic mass is 32.1. The molecule has 0 saturated carbocycles. The van der Waals surface area contributed by atoms with Crippen molar-refractivity contribution >= 4 is 11.3 Å². The van der Waals surface area contributed by atoms with Gasteiger partial charge >= 0.3 is 0 Å². The third kappa shape index (κ3) is 5.96. The van der Waals surface area contributed by atoms with Gasteiger partial charge in [0.1, 0.15) is 0 Å². The van der Waals surface area contributed by atoms with Crippen LogP contribution in [0.15, 0.2) is 12.1 Å². The van der Waals surface area contributed by atoms with Crippen LogP contribution < -0.4 is 5.32 Å². The van der Waals surface area contributed by atoms with E-state index in [0.29, 0.717) is 0 Å². The van der Waals surface area contributed by atoms with E-state index < -0.39 is 0 Å². The van der Waals surface area contributed by atoms with Gasteiger partial charge in [-0.1, -0.05) is 20.8 Å². The minimum atomic E-state index is 0.748. The molecule has 104 valence electrons. The monoisotopic (exact) mass is 270 g/mol. The van der Waals surface area contributed by atoms with E-state index in [0.717, 1.165) is 45.9 Å². The lowest BCUT2D eigenvalue weighted by Crippen LogP contribution is -2.26. The van der Waals surface area contributed by atoms with Crippen molar-refractivity contribution < 1.29 is 4.74 Å². The summed E-state index contributed by atoms with van der Waals surface area (Å²) in [5.41, 5.74) is 0. The predicted molar refractivity (Wildman–Crippen MR) is 79.1 cm³/mol. The molecule has 1 N–H and O–H groups in total. The molecule has 1 rings (SSSR count). The number of nitrogens with one attached hydrogen (secondary N) is 1. The Hall–Kier alpha value is -0.420. The highest BCUT2D eigenvalue weighted by Crippen LogP contribution is 2.17. The van der Waals surface area contributed by atoms with Crippen LogP contribution in [0, 0.1) is 0 Å².